The molecule has 1 saturated heterocycles. The number of hydrogen-bond donors (Lipinski definition) is 3. The third-order valence-corrected chi connectivity index (χ3v) is 3.20. The fraction of sp³-hybridized carbons (Fsp3) is 0.462. The fourth-order valence-electron chi connectivity index (χ4n) is 2.20. The molecule has 2 atom stereocenters. The number of nitrogens with zero attached hydrogens (tertiary/aromatic N) is 3. The predicted octanol–water partition coefficient (Wildman–Crippen LogP) is -0.602. The third kappa shape index (κ3) is 3.47. The third-order valence-electron chi connectivity index (χ3n) is 3.20. The summed E-state index contributed by atoms with van der Waals surface area (Å²) in [5.74, 6) is -0.309. The lowest BCUT2D eigenvalue weighted by atomic mass is 10.2. The number of pyridine rings is 1. The standard InChI is InChI=1S/C13H18N4O4/c1-8-5-17(6-10(7-18)21-8)13(19)11-3-2-9(4-15-11)12(14)16-20/h2-4,8,10,18,20H,5-7H2,1H3,(H2,14,16). The first-order chi connectivity index (χ1) is 10.0. The van der Waals surface area contributed by atoms with Gasteiger partial charge in [0.15, 0.2) is 5.84 Å². The van der Waals surface area contributed by atoms with Crippen molar-refractivity contribution in [3.05, 3.63) is 29.6 Å². The Balaban J connectivity index is 2.12. The smallest absolute Gasteiger partial charge is 0.272 e. The Labute approximate surface area is 121 Å². The average molecular weight is 294 g/mol. The van der Waals surface area contributed by atoms with Gasteiger partial charge in [0, 0.05) is 24.8 Å². The van der Waals surface area contributed by atoms with E-state index in [-0.39, 0.29) is 36.3 Å². The second kappa shape index (κ2) is 6.51. The van der Waals surface area contributed by atoms with Gasteiger partial charge in [0.25, 0.3) is 5.91 Å². The molecule has 1 amide bonds. The summed E-state index contributed by atoms with van der Waals surface area (Å²) in [6.07, 6.45) is 0.848. The maximum Gasteiger partial charge on any atom is 0.272 e. The van der Waals surface area contributed by atoms with Crippen LogP contribution in [0.3, 0.4) is 0 Å². The van der Waals surface area contributed by atoms with Crippen LogP contribution in [0.15, 0.2) is 23.5 Å². The highest BCUT2D eigenvalue weighted by atomic mass is 16.5. The van der Waals surface area contributed by atoms with E-state index in [1.54, 1.807) is 11.0 Å². The number of amides is 1. The molecular weight excluding hydrogens is 276 g/mol. The SMILES string of the molecule is CC1CN(C(=O)c2ccc(/C(N)=N/O)cn2)CC(CO)O1. The topological polar surface area (TPSA) is 121 Å². The van der Waals surface area contributed by atoms with E-state index >= 15 is 0 Å². The minimum absolute atomic E-state index is 0.0677. The molecule has 8 heteroatoms. The molecule has 0 radical (unpaired) electrons. The summed E-state index contributed by atoms with van der Waals surface area (Å²) in [5, 5.41) is 20.6. The Bertz CT molecular complexity index is 531. The summed E-state index contributed by atoms with van der Waals surface area (Å²) in [6, 6.07) is 3.08. The van der Waals surface area contributed by atoms with Crippen molar-refractivity contribution >= 4 is 11.7 Å². The van der Waals surface area contributed by atoms with Crippen LogP contribution in [0, 0.1) is 0 Å². The maximum absolute atomic E-state index is 12.4. The maximum atomic E-state index is 12.4. The average Bonchev–Trinajstić information content (AvgIpc) is 2.52. The Kier molecular flexibility index (Phi) is 4.71. The molecule has 114 valence electrons. The number of carbonyl (C=O) groups is 1. The largest absolute Gasteiger partial charge is 0.409 e. The second-order valence-corrected chi connectivity index (χ2v) is 4.88. The van der Waals surface area contributed by atoms with E-state index < -0.39 is 0 Å². The van der Waals surface area contributed by atoms with Gasteiger partial charge in [-0.2, -0.15) is 0 Å². The van der Waals surface area contributed by atoms with Crippen molar-refractivity contribution in [2.45, 2.75) is 19.1 Å². The normalized spacial score (nSPS) is 23.1. The van der Waals surface area contributed by atoms with Gasteiger partial charge in [-0.15, -0.1) is 0 Å². The van der Waals surface area contributed by atoms with Crippen LogP contribution in [0.2, 0.25) is 0 Å². The molecule has 0 aromatic carbocycles. The minimum atomic E-state index is -0.380. The molecule has 2 unspecified atom stereocenters. The number of rotatable bonds is 3. The fourth-order valence-corrected chi connectivity index (χ4v) is 2.20. The zero-order valence-electron chi connectivity index (χ0n) is 11.6. The zero-order valence-corrected chi connectivity index (χ0v) is 11.6. The number of oxime groups is 1. The van der Waals surface area contributed by atoms with Crippen molar-refractivity contribution in [2.75, 3.05) is 19.7 Å². The van der Waals surface area contributed by atoms with Gasteiger partial charge in [-0.1, -0.05) is 5.16 Å². The predicted molar refractivity (Wildman–Crippen MR) is 74.1 cm³/mol. The quantitative estimate of drug-likeness (QED) is 0.296. The van der Waals surface area contributed by atoms with Gasteiger partial charge >= 0.3 is 0 Å². The van der Waals surface area contributed by atoms with Crippen molar-refractivity contribution in [3.63, 3.8) is 0 Å². The van der Waals surface area contributed by atoms with Gasteiger partial charge in [-0.25, -0.2) is 0 Å². The summed E-state index contributed by atoms with van der Waals surface area (Å²) in [7, 11) is 0. The van der Waals surface area contributed by atoms with Gasteiger partial charge in [0.1, 0.15) is 5.69 Å². The molecule has 2 heterocycles. The summed E-state index contributed by atoms with van der Waals surface area (Å²) < 4.78 is 5.49. The first kappa shape index (κ1) is 15.2. The number of carbonyl (C=O) groups excluding carboxylic acids is 1. The Morgan fingerprint density at radius 3 is 2.90 bits per heavy atom. The Morgan fingerprint density at radius 1 is 1.57 bits per heavy atom. The zero-order chi connectivity index (χ0) is 15.4. The van der Waals surface area contributed by atoms with Crippen LogP contribution in [0.5, 0.6) is 0 Å². The number of aliphatic hydroxyl groups is 1. The molecule has 0 spiro atoms. The van der Waals surface area contributed by atoms with Crippen LogP contribution in [-0.2, 0) is 4.74 Å². The number of morpholine rings is 1. The molecule has 1 aromatic heterocycles. The van der Waals surface area contributed by atoms with Crippen LogP contribution < -0.4 is 5.73 Å². The number of ether oxygens (including phenoxy) is 1. The molecule has 1 aromatic rings. The van der Waals surface area contributed by atoms with Crippen molar-refractivity contribution < 1.29 is 19.8 Å². The van der Waals surface area contributed by atoms with Gasteiger partial charge in [0.05, 0.1) is 18.8 Å². The molecule has 8 nitrogen and oxygen atoms in total. The Morgan fingerprint density at radius 2 is 2.33 bits per heavy atom. The molecule has 2 rings (SSSR count). The molecule has 0 aliphatic carbocycles. The van der Waals surface area contributed by atoms with E-state index in [9.17, 15) is 9.90 Å². The summed E-state index contributed by atoms with van der Waals surface area (Å²) in [6.45, 7) is 2.48. The lowest BCUT2D eigenvalue weighted by molar-refractivity contribution is -0.0859. The number of nitrogens with two attached hydrogens (primary N) is 1. The summed E-state index contributed by atoms with van der Waals surface area (Å²) in [5.41, 5.74) is 6.13. The molecule has 1 fully saturated rings. The number of amidine groups is 1. The van der Waals surface area contributed by atoms with Crippen molar-refractivity contribution in [3.8, 4) is 0 Å². The van der Waals surface area contributed by atoms with Gasteiger partial charge in [-0.3, -0.25) is 9.78 Å². The van der Waals surface area contributed by atoms with Gasteiger partial charge < -0.3 is 25.7 Å². The van der Waals surface area contributed by atoms with E-state index in [4.69, 9.17) is 15.7 Å². The van der Waals surface area contributed by atoms with Crippen LogP contribution in [0.1, 0.15) is 23.0 Å². The monoisotopic (exact) mass is 294 g/mol. The number of aliphatic hydroxyl groups excluding tert-OH is 1. The lowest BCUT2D eigenvalue weighted by Crippen LogP contribution is -2.50. The first-order valence-electron chi connectivity index (χ1n) is 6.54. The Hall–Kier alpha value is -2.19. The van der Waals surface area contributed by atoms with Crippen molar-refractivity contribution in [1.82, 2.24) is 9.88 Å². The molecule has 1 aliphatic heterocycles. The highest BCUT2D eigenvalue weighted by Gasteiger charge is 2.29. The van der Waals surface area contributed by atoms with Crippen LogP contribution >= 0.6 is 0 Å². The molecule has 21 heavy (non-hydrogen) atoms. The molecular formula is C13H18N4O4. The minimum Gasteiger partial charge on any atom is -0.409 e. The molecule has 4 N–H and O–H groups in total. The molecule has 1 aliphatic rings. The van der Waals surface area contributed by atoms with Gasteiger partial charge in [0.2, 0.25) is 0 Å². The van der Waals surface area contributed by atoms with E-state index in [1.807, 2.05) is 6.92 Å². The lowest BCUT2D eigenvalue weighted by Gasteiger charge is -2.35. The van der Waals surface area contributed by atoms with E-state index in [1.165, 1.54) is 12.3 Å². The van der Waals surface area contributed by atoms with E-state index in [0.717, 1.165) is 0 Å². The molecule has 0 saturated carbocycles. The van der Waals surface area contributed by atoms with Gasteiger partial charge in [-0.05, 0) is 19.1 Å². The highest BCUT2D eigenvalue weighted by molar-refractivity contribution is 5.98. The highest BCUT2D eigenvalue weighted by Crippen LogP contribution is 2.14. The van der Waals surface area contributed by atoms with Crippen LogP contribution in [0.4, 0.5) is 0 Å². The van der Waals surface area contributed by atoms with Crippen LogP contribution in [-0.4, -0.2) is 63.8 Å². The second-order valence-electron chi connectivity index (χ2n) is 4.88. The number of aromatic nitrogens is 1. The van der Waals surface area contributed by atoms with E-state index in [2.05, 4.69) is 10.1 Å². The molecule has 0 bridgehead atoms. The first-order valence-corrected chi connectivity index (χ1v) is 6.54. The summed E-state index contributed by atoms with van der Waals surface area (Å²) >= 11 is 0. The van der Waals surface area contributed by atoms with E-state index in [0.29, 0.717) is 18.7 Å². The van der Waals surface area contributed by atoms with Crippen LogP contribution in [0.25, 0.3) is 0 Å². The van der Waals surface area contributed by atoms with Crippen molar-refractivity contribution in [2.24, 2.45) is 10.9 Å². The summed E-state index contributed by atoms with van der Waals surface area (Å²) in [4.78, 5) is 18.0. The number of hydrogen-bond acceptors (Lipinski definition) is 6. The van der Waals surface area contributed by atoms with Crippen molar-refractivity contribution in [1.29, 1.82) is 0 Å².